The predicted molar refractivity (Wildman–Crippen MR) is 118 cm³/mol. The van der Waals surface area contributed by atoms with Crippen molar-refractivity contribution < 1.29 is 23.9 Å². The third kappa shape index (κ3) is 7.79. The SMILES string of the molecule is NC(=O)CC1CN(CC(=O)OCc2ccccc2)CCN1CC(=O)OCc1ccccc1. The van der Waals surface area contributed by atoms with Crippen molar-refractivity contribution in [1.82, 2.24) is 9.80 Å². The first-order chi connectivity index (χ1) is 15.5. The Morgan fingerprint density at radius 3 is 1.88 bits per heavy atom. The van der Waals surface area contributed by atoms with Gasteiger partial charge in [-0.3, -0.25) is 24.2 Å². The molecule has 0 aliphatic carbocycles. The van der Waals surface area contributed by atoms with Crippen LogP contribution in [0.4, 0.5) is 0 Å². The number of ether oxygens (including phenoxy) is 2. The zero-order chi connectivity index (χ0) is 22.8. The molecule has 1 aliphatic heterocycles. The van der Waals surface area contributed by atoms with Gasteiger partial charge in [0.1, 0.15) is 13.2 Å². The summed E-state index contributed by atoms with van der Waals surface area (Å²) >= 11 is 0. The van der Waals surface area contributed by atoms with Crippen molar-refractivity contribution in [2.24, 2.45) is 5.73 Å². The molecule has 170 valence electrons. The van der Waals surface area contributed by atoms with Crippen LogP contribution in [0.15, 0.2) is 60.7 Å². The molecule has 1 unspecified atom stereocenters. The van der Waals surface area contributed by atoms with Gasteiger partial charge in [-0.25, -0.2) is 0 Å². The number of amides is 1. The highest BCUT2D eigenvalue weighted by atomic mass is 16.5. The number of benzene rings is 2. The molecule has 0 aromatic heterocycles. The second kappa shape index (κ2) is 12.0. The van der Waals surface area contributed by atoms with Crippen molar-refractivity contribution in [2.75, 3.05) is 32.7 Å². The minimum Gasteiger partial charge on any atom is -0.460 e. The average molecular weight is 440 g/mol. The number of piperazine rings is 1. The molecule has 3 rings (SSSR count). The highest BCUT2D eigenvalue weighted by Crippen LogP contribution is 2.14. The molecule has 1 amide bonds. The van der Waals surface area contributed by atoms with Gasteiger partial charge in [0.05, 0.1) is 13.1 Å². The van der Waals surface area contributed by atoms with Gasteiger partial charge in [-0.15, -0.1) is 0 Å². The molecule has 0 saturated carbocycles. The molecule has 32 heavy (non-hydrogen) atoms. The first-order valence-electron chi connectivity index (χ1n) is 10.6. The van der Waals surface area contributed by atoms with Crippen LogP contribution >= 0.6 is 0 Å². The van der Waals surface area contributed by atoms with Gasteiger partial charge in [0.15, 0.2) is 0 Å². The molecule has 0 radical (unpaired) electrons. The summed E-state index contributed by atoms with van der Waals surface area (Å²) in [6.07, 6.45) is 0.0987. The summed E-state index contributed by atoms with van der Waals surface area (Å²) in [5, 5.41) is 0. The zero-order valence-electron chi connectivity index (χ0n) is 18.0. The minimum atomic E-state index is -0.453. The van der Waals surface area contributed by atoms with Crippen molar-refractivity contribution in [3.63, 3.8) is 0 Å². The summed E-state index contributed by atoms with van der Waals surface area (Å²) in [6.45, 7) is 2.14. The average Bonchev–Trinajstić information content (AvgIpc) is 2.79. The molecular weight excluding hydrogens is 410 g/mol. The van der Waals surface area contributed by atoms with Gasteiger partial charge in [-0.05, 0) is 11.1 Å². The van der Waals surface area contributed by atoms with E-state index >= 15 is 0 Å². The standard InChI is InChI=1S/C24H29N3O5/c25-22(28)13-21-14-26(15-23(29)31-17-19-7-3-1-4-8-19)11-12-27(21)16-24(30)32-18-20-9-5-2-6-10-20/h1-10,21H,11-18H2,(H2,25,28). The van der Waals surface area contributed by atoms with E-state index in [1.807, 2.05) is 70.5 Å². The number of carbonyl (C=O) groups excluding carboxylic acids is 3. The van der Waals surface area contributed by atoms with E-state index in [1.165, 1.54) is 0 Å². The first-order valence-corrected chi connectivity index (χ1v) is 10.6. The number of carbonyl (C=O) groups is 3. The van der Waals surface area contributed by atoms with E-state index in [9.17, 15) is 14.4 Å². The lowest BCUT2D eigenvalue weighted by molar-refractivity contribution is -0.150. The highest BCUT2D eigenvalue weighted by Gasteiger charge is 2.31. The molecule has 8 nitrogen and oxygen atoms in total. The second-order valence-corrected chi connectivity index (χ2v) is 7.82. The molecule has 1 atom stereocenters. The Labute approximate surface area is 187 Å². The Balaban J connectivity index is 1.47. The van der Waals surface area contributed by atoms with Crippen molar-refractivity contribution >= 4 is 17.8 Å². The monoisotopic (exact) mass is 439 g/mol. The molecule has 8 heteroatoms. The Kier molecular flexibility index (Phi) is 8.77. The lowest BCUT2D eigenvalue weighted by atomic mass is 10.1. The summed E-state index contributed by atoms with van der Waals surface area (Å²) in [7, 11) is 0. The summed E-state index contributed by atoms with van der Waals surface area (Å²) in [6, 6.07) is 18.6. The molecule has 1 aliphatic rings. The Morgan fingerprint density at radius 1 is 0.812 bits per heavy atom. The van der Waals surface area contributed by atoms with Gasteiger partial charge in [-0.1, -0.05) is 60.7 Å². The van der Waals surface area contributed by atoms with E-state index in [4.69, 9.17) is 15.2 Å². The normalized spacial score (nSPS) is 16.9. The van der Waals surface area contributed by atoms with Crippen LogP contribution in [0, 0.1) is 0 Å². The Hall–Kier alpha value is -3.23. The summed E-state index contributed by atoms with van der Waals surface area (Å²) < 4.78 is 10.7. The molecule has 0 spiro atoms. The third-order valence-corrected chi connectivity index (χ3v) is 5.30. The van der Waals surface area contributed by atoms with E-state index in [0.717, 1.165) is 11.1 Å². The number of primary amides is 1. The summed E-state index contributed by atoms with van der Waals surface area (Å²) in [5.74, 6) is -1.15. The van der Waals surface area contributed by atoms with Crippen LogP contribution in [0.25, 0.3) is 0 Å². The fourth-order valence-corrected chi connectivity index (χ4v) is 3.65. The third-order valence-electron chi connectivity index (χ3n) is 5.30. The van der Waals surface area contributed by atoms with E-state index in [-0.39, 0.29) is 50.7 Å². The molecule has 2 aromatic rings. The predicted octanol–water partition coefficient (Wildman–Crippen LogP) is 1.33. The molecular formula is C24H29N3O5. The smallest absolute Gasteiger partial charge is 0.320 e. The van der Waals surface area contributed by atoms with Crippen LogP contribution in [0.5, 0.6) is 0 Å². The summed E-state index contributed by atoms with van der Waals surface area (Å²) in [5.41, 5.74) is 7.25. The van der Waals surface area contributed by atoms with Crippen molar-refractivity contribution in [2.45, 2.75) is 25.7 Å². The highest BCUT2D eigenvalue weighted by molar-refractivity contribution is 5.75. The number of rotatable bonds is 10. The topological polar surface area (TPSA) is 102 Å². The number of hydrogen-bond donors (Lipinski definition) is 1. The second-order valence-electron chi connectivity index (χ2n) is 7.82. The van der Waals surface area contributed by atoms with Gasteiger partial charge in [0.2, 0.25) is 5.91 Å². The lowest BCUT2D eigenvalue weighted by Crippen LogP contribution is -2.56. The van der Waals surface area contributed by atoms with Crippen LogP contribution < -0.4 is 5.73 Å². The zero-order valence-corrected chi connectivity index (χ0v) is 18.0. The number of nitrogens with zero attached hydrogens (tertiary/aromatic N) is 2. The molecule has 1 fully saturated rings. The summed E-state index contributed by atoms with van der Waals surface area (Å²) in [4.78, 5) is 40.0. The van der Waals surface area contributed by atoms with E-state index in [2.05, 4.69) is 0 Å². The van der Waals surface area contributed by atoms with Gasteiger partial charge in [0, 0.05) is 32.1 Å². The minimum absolute atomic E-state index is 0.0665. The maximum Gasteiger partial charge on any atom is 0.320 e. The molecule has 0 bridgehead atoms. The maximum atomic E-state index is 12.3. The van der Waals surface area contributed by atoms with E-state index < -0.39 is 5.91 Å². The van der Waals surface area contributed by atoms with Crippen molar-refractivity contribution in [3.05, 3.63) is 71.8 Å². The quantitative estimate of drug-likeness (QED) is 0.557. The van der Waals surface area contributed by atoms with Gasteiger partial charge in [0.25, 0.3) is 0 Å². The fourth-order valence-electron chi connectivity index (χ4n) is 3.65. The van der Waals surface area contributed by atoms with Crippen LogP contribution in [0.2, 0.25) is 0 Å². The Morgan fingerprint density at radius 2 is 1.34 bits per heavy atom. The number of esters is 2. The van der Waals surface area contributed by atoms with Crippen LogP contribution in [0.1, 0.15) is 17.5 Å². The number of hydrogen-bond acceptors (Lipinski definition) is 7. The largest absolute Gasteiger partial charge is 0.460 e. The van der Waals surface area contributed by atoms with Crippen molar-refractivity contribution in [3.8, 4) is 0 Å². The van der Waals surface area contributed by atoms with Gasteiger partial charge < -0.3 is 15.2 Å². The van der Waals surface area contributed by atoms with Crippen molar-refractivity contribution in [1.29, 1.82) is 0 Å². The van der Waals surface area contributed by atoms with Crippen LogP contribution in [0.3, 0.4) is 0 Å². The fraction of sp³-hybridized carbons (Fsp3) is 0.375. The molecule has 1 heterocycles. The first kappa shape index (κ1) is 23.4. The van der Waals surface area contributed by atoms with Crippen LogP contribution in [-0.4, -0.2) is 66.4 Å². The molecule has 2 aromatic carbocycles. The van der Waals surface area contributed by atoms with Gasteiger partial charge in [-0.2, -0.15) is 0 Å². The maximum absolute atomic E-state index is 12.3. The molecule has 1 saturated heterocycles. The molecule has 2 N–H and O–H groups in total. The van der Waals surface area contributed by atoms with Gasteiger partial charge >= 0.3 is 11.9 Å². The van der Waals surface area contributed by atoms with E-state index in [1.54, 1.807) is 0 Å². The number of nitrogens with two attached hydrogens (primary N) is 1. The lowest BCUT2D eigenvalue weighted by Gasteiger charge is -2.40. The van der Waals surface area contributed by atoms with E-state index in [0.29, 0.717) is 19.6 Å². The van der Waals surface area contributed by atoms with Crippen LogP contribution in [-0.2, 0) is 37.1 Å². The Bertz CT molecular complexity index is 891.